The van der Waals surface area contributed by atoms with Crippen molar-refractivity contribution in [3.05, 3.63) is 29.3 Å². The van der Waals surface area contributed by atoms with E-state index in [1.807, 2.05) is 4.90 Å². The summed E-state index contributed by atoms with van der Waals surface area (Å²) in [6.45, 7) is 3.57. The molecule has 0 spiro atoms. The van der Waals surface area contributed by atoms with Crippen LogP contribution in [-0.4, -0.2) is 62.3 Å². The van der Waals surface area contributed by atoms with E-state index in [4.69, 9.17) is 18.0 Å². The number of hydrogen-bond donors (Lipinski definition) is 1. The van der Waals surface area contributed by atoms with E-state index in [-0.39, 0.29) is 23.4 Å². The summed E-state index contributed by atoms with van der Waals surface area (Å²) >= 11 is 5.88. The highest BCUT2D eigenvalue weighted by Crippen LogP contribution is 2.21. The molecule has 0 bridgehead atoms. The molecule has 1 saturated heterocycles. The number of terminal acetylenes is 1. The second kappa shape index (κ2) is 7.99. The van der Waals surface area contributed by atoms with Gasteiger partial charge in [0.15, 0.2) is 0 Å². The third-order valence-corrected chi connectivity index (χ3v) is 6.13. The first-order valence-corrected chi connectivity index (χ1v) is 9.39. The van der Waals surface area contributed by atoms with Gasteiger partial charge in [-0.1, -0.05) is 23.6 Å². The molecule has 0 aromatic heterocycles. The van der Waals surface area contributed by atoms with E-state index in [0.717, 1.165) is 0 Å². The lowest BCUT2D eigenvalue weighted by Gasteiger charge is -2.36. The van der Waals surface area contributed by atoms with E-state index >= 15 is 0 Å². The van der Waals surface area contributed by atoms with Crippen LogP contribution in [-0.2, 0) is 14.8 Å². The summed E-state index contributed by atoms with van der Waals surface area (Å²) in [5.74, 6) is 2.20. The number of nitrogens with one attached hydrogen (secondary N) is 1. The van der Waals surface area contributed by atoms with Crippen LogP contribution in [0, 0.1) is 12.3 Å². The molecule has 0 saturated carbocycles. The molecule has 0 radical (unpaired) electrons. The summed E-state index contributed by atoms with van der Waals surface area (Å²) in [5.41, 5.74) is 0. The molecule has 130 valence electrons. The minimum absolute atomic E-state index is 0.154. The van der Waals surface area contributed by atoms with E-state index in [1.54, 1.807) is 19.1 Å². The lowest BCUT2D eigenvalue weighted by atomic mass is 10.2. The zero-order valence-corrected chi connectivity index (χ0v) is 15.0. The summed E-state index contributed by atoms with van der Waals surface area (Å²) < 4.78 is 26.7. The number of halogens is 1. The number of carbonyl (C=O) groups excluding carboxylic acids is 1. The monoisotopic (exact) mass is 369 g/mol. The van der Waals surface area contributed by atoms with Crippen molar-refractivity contribution in [2.45, 2.75) is 17.9 Å². The topological polar surface area (TPSA) is 69.7 Å². The average molecular weight is 370 g/mol. The summed E-state index contributed by atoms with van der Waals surface area (Å²) in [5, 5.41) is 3.02. The van der Waals surface area contributed by atoms with Crippen LogP contribution in [0.2, 0.25) is 5.02 Å². The normalized spacial score (nSPS) is 17.9. The Hall–Kier alpha value is -1.59. The minimum Gasteiger partial charge on any atom is -0.344 e. The zero-order chi connectivity index (χ0) is 17.7. The van der Waals surface area contributed by atoms with Crippen LogP contribution < -0.4 is 5.32 Å². The molecule has 8 heteroatoms. The van der Waals surface area contributed by atoms with E-state index < -0.39 is 10.0 Å². The number of hydrogen-bond acceptors (Lipinski definition) is 4. The Labute approximate surface area is 147 Å². The molecule has 24 heavy (non-hydrogen) atoms. The van der Waals surface area contributed by atoms with Crippen molar-refractivity contribution in [2.75, 3.05) is 32.7 Å². The molecule has 1 aliphatic rings. The fraction of sp³-hybridized carbons (Fsp3) is 0.438. The quantitative estimate of drug-likeness (QED) is 0.779. The van der Waals surface area contributed by atoms with Gasteiger partial charge in [-0.25, -0.2) is 8.42 Å². The Morgan fingerprint density at radius 1 is 1.38 bits per heavy atom. The summed E-state index contributed by atoms with van der Waals surface area (Å²) in [6, 6.07) is 5.87. The zero-order valence-electron chi connectivity index (χ0n) is 13.4. The summed E-state index contributed by atoms with van der Waals surface area (Å²) in [7, 11) is -3.57. The van der Waals surface area contributed by atoms with Gasteiger partial charge >= 0.3 is 0 Å². The van der Waals surface area contributed by atoms with Crippen LogP contribution in [0.1, 0.15) is 6.92 Å². The number of benzene rings is 1. The fourth-order valence-electron chi connectivity index (χ4n) is 2.56. The van der Waals surface area contributed by atoms with Crippen molar-refractivity contribution in [1.82, 2.24) is 14.5 Å². The molecule has 1 fully saturated rings. The van der Waals surface area contributed by atoms with E-state index in [2.05, 4.69) is 11.2 Å². The molecule has 1 aromatic rings. The summed E-state index contributed by atoms with van der Waals surface area (Å²) in [4.78, 5) is 14.1. The van der Waals surface area contributed by atoms with Crippen molar-refractivity contribution < 1.29 is 13.2 Å². The average Bonchev–Trinajstić information content (AvgIpc) is 2.59. The predicted molar refractivity (Wildman–Crippen MR) is 93.1 cm³/mol. The maximum atomic E-state index is 12.6. The molecule has 1 atom stereocenters. The Bertz CT molecular complexity index is 737. The van der Waals surface area contributed by atoms with E-state index in [9.17, 15) is 13.2 Å². The second-order valence-corrected chi connectivity index (χ2v) is 7.87. The second-order valence-electron chi connectivity index (χ2n) is 5.50. The Kier molecular flexibility index (Phi) is 6.24. The molecule has 1 N–H and O–H groups in total. The summed E-state index contributed by atoms with van der Waals surface area (Å²) in [6.07, 6.45) is 5.13. The van der Waals surface area contributed by atoms with Crippen LogP contribution in [0.3, 0.4) is 0 Å². The lowest BCUT2D eigenvalue weighted by Crippen LogP contribution is -2.54. The van der Waals surface area contributed by atoms with Crippen LogP contribution in [0.5, 0.6) is 0 Å². The first-order chi connectivity index (χ1) is 11.4. The number of carbonyl (C=O) groups is 1. The number of piperazine rings is 1. The molecule has 1 amide bonds. The number of nitrogens with zero attached hydrogens (tertiary/aromatic N) is 2. The molecule has 1 aliphatic heterocycles. The van der Waals surface area contributed by atoms with Crippen LogP contribution in [0.4, 0.5) is 0 Å². The Morgan fingerprint density at radius 2 is 2.04 bits per heavy atom. The smallest absolute Gasteiger partial charge is 0.243 e. The SMILES string of the molecule is C#CCNC(=O)C(C)N1CCN(S(=O)(=O)c2cccc(Cl)c2)CC1. The molecular formula is C16H20ClN3O3S. The van der Waals surface area contributed by atoms with Crippen molar-refractivity contribution in [3.63, 3.8) is 0 Å². The standard InChI is InChI=1S/C16H20ClN3O3S/c1-3-7-18-16(21)13(2)19-8-10-20(11-9-19)24(22,23)15-6-4-5-14(17)12-15/h1,4-6,12-13H,7-11H2,2H3,(H,18,21). The lowest BCUT2D eigenvalue weighted by molar-refractivity contribution is -0.126. The maximum absolute atomic E-state index is 12.6. The molecule has 1 aromatic carbocycles. The highest BCUT2D eigenvalue weighted by atomic mass is 35.5. The Balaban J connectivity index is 2.00. The van der Waals surface area contributed by atoms with Crippen molar-refractivity contribution >= 4 is 27.5 Å². The van der Waals surface area contributed by atoms with Gasteiger partial charge in [-0.15, -0.1) is 6.42 Å². The molecule has 2 rings (SSSR count). The minimum atomic E-state index is -3.57. The van der Waals surface area contributed by atoms with Crippen molar-refractivity contribution in [3.8, 4) is 12.3 Å². The fourth-order valence-corrected chi connectivity index (χ4v) is 4.28. The van der Waals surface area contributed by atoms with Gasteiger partial charge in [0.2, 0.25) is 15.9 Å². The van der Waals surface area contributed by atoms with Crippen LogP contribution >= 0.6 is 11.6 Å². The van der Waals surface area contributed by atoms with E-state index in [1.165, 1.54) is 16.4 Å². The number of sulfonamides is 1. The van der Waals surface area contributed by atoms with Gasteiger partial charge in [0, 0.05) is 31.2 Å². The predicted octanol–water partition coefficient (Wildman–Crippen LogP) is 0.784. The molecule has 6 nitrogen and oxygen atoms in total. The highest BCUT2D eigenvalue weighted by Gasteiger charge is 2.31. The van der Waals surface area contributed by atoms with Gasteiger partial charge in [-0.3, -0.25) is 9.69 Å². The van der Waals surface area contributed by atoms with Gasteiger partial charge in [0.05, 0.1) is 17.5 Å². The third kappa shape index (κ3) is 4.28. The largest absolute Gasteiger partial charge is 0.344 e. The number of amides is 1. The molecule has 1 heterocycles. The first-order valence-electron chi connectivity index (χ1n) is 7.57. The van der Waals surface area contributed by atoms with Crippen molar-refractivity contribution in [1.29, 1.82) is 0 Å². The van der Waals surface area contributed by atoms with E-state index in [0.29, 0.717) is 31.2 Å². The highest BCUT2D eigenvalue weighted by molar-refractivity contribution is 7.89. The van der Waals surface area contributed by atoms with Gasteiger partial charge in [0.1, 0.15) is 0 Å². The molecule has 1 unspecified atom stereocenters. The van der Waals surface area contributed by atoms with Crippen LogP contribution in [0.15, 0.2) is 29.2 Å². The Morgan fingerprint density at radius 3 is 2.62 bits per heavy atom. The third-order valence-electron chi connectivity index (χ3n) is 4.00. The van der Waals surface area contributed by atoms with Gasteiger partial charge in [-0.2, -0.15) is 4.31 Å². The molecule has 0 aliphatic carbocycles. The molecular weight excluding hydrogens is 350 g/mol. The van der Waals surface area contributed by atoms with Crippen LogP contribution in [0.25, 0.3) is 0 Å². The van der Waals surface area contributed by atoms with Gasteiger partial charge in [-0.05, 0) is 25.1 Å². The maximum Gasteiger partial charge on any atom is 0.243 e. The van der Waals surface area contributed by atoms with Crippen molar-refractivity contribution in [2.24, 2.45) is 0 Å². The number of rotatable bonds is 5. The first kappa shape index (κ1) is 18.7. The van der Waals surface area contributed by atoms with Gasteiger partial charge < -0.3 is 5.32 Å². The van der Waals surface area contributed by atoms with Gasteiger partial charge in [0.25, 0.3) is 0 Å².